The Balaban J connectivity index is 3.73. The van der Waals surface area contributed by atoms with E-state index in [1.54, 1.807) is 26.0 Å². The molecule has 0 spiro atoms. The molecule has 0 unspecified atom stereocenters. The Morgan fingerprint density at radius 2 is 1.89 bits per heavy atom. The largest absolute Gasteiger partial charge is 0.331 e. The number of hydrogen-bond acceptors (Lipinski definition) is 1. The second-order valence-electron chi connectivity index (χ2n) is 2.10. The summed E-state index contributed by atoms with van der Waals surface area (Å²) in [6.07, 6.45) is 0. The number of urea groups is 1. The van der Waals surface area contributed by atoms with Gasteiger partial charge >= 0.3 is 6.03 Å². The van der Waals surface area contributed by atoms with Gasteiger partial charge in [-0.05, 0) is 6.92 Å². The quantitative estimate of drug-likeness (QED) is 0.503. The van der Waals surface area contributed by atoms with Crippen molar-refractivity contribution in [3.8, 4) is 0 Å². The van der Waals surface area contributed by atoms with Crippen LogP contribution >= 0.6 is 0 Å². The van der Waals surface area contributed by atoms with E-state index in [9.17, 15) is 4.79 Å². The number of nitrogens with zero attached hydrogens (tertiary/aromatic N) is 2. The molecule has 0 aliphatic heterocycles. The van der Waals surface area contributed by atoms with Crippen LogP contribution in [0.25, 0.3) is 0 Å². The van der Waals surface area contributed by atoms with E-state index in [2.05, 4.69) is 6.92 Å². The van der Waals surface area contributed by atoms with Crippen LogP contribution in [-0.4, -0.2) is 43.5 Å². The predicted octanol–water partition coefficient (Wildman–Crippen LogP) is 0.434. The minimum atomic E-state index is -0.00926. The van der Waals surface area contributed by atoms with Crippen molar-refractivity contribution in [1.29, 1.82) is 0 Å². The first-order chi connectivity index (χ1) is 4.09. The summed E-state index contributed by atoms with van der Waals surface area (Å²) in [7, 11) is 5.15. The summed E-state index contributed by atoms with van der Waals surface area (Å²) in [6, 6.07) is -0.00926. The van der Waals surface area contributed by atoms with Gasteiger partial charge in [0.15, 0.2) is 0 Å². The molecule has 0 aromatic rings. The molecule has 2 amide bonds. The van der Waals surface area contributed by atoms with Gasteiger partial charge in [0.1, 0.15) is 0 Å². The number of carbonyl (C=O) groups is 1. The first-order valence-corrected chi connectivity index (χ1v) is 2.81. The molecule has 9 heavy (non-hydrogen) atoms. The van der Waals surface area contributed by atoms with E-state index in [0.29, 0.717) is 6.54 Å². The standard InChI is InChI=1S/C6H13N2O/c1-5-8(4)6(9)7(2)3/h1,5H2,2-4H3. The van der Waals surface area contributed by atoms with Crippen molar-refractivity contribution in [3.63, 3.8) is 0 Å². The van der Waals surface area contributed by atoms with Crippen LogP contribution in [0.5, 0.6) is 0 Å². The number of carbonyl (C=O) groups excluding carboxylic acids is 1. The van der Waals surface area contributed by atoms with Gasteiger partial charge in [-0.15, -0.1) is 0 Å². The summed E-state index contributed by atoms with van der Waals surface area (Å²) in [6.45, 7) is 4.08. The van der Waals surface area contributed by atoms with E-state index >= 15 is 0 Å². The van der Waals surface area contributed by atoms with Crippen molar-refractivity contribution in [2.24, 2.45) is 0 Å². The Labute approximate surface area is 56.2 Å². The highest BCUT2D eigenvalue weighted by Gasteiger charge is 2.06. The molecule has 3 nitrogen and oxygen atoms in total. The zero-order valence-corrected chi connectivity index (χ0v) is 6.22. The smallest absolute Gasteiger partial charge is 0.319 e. The van der Waals surface area contributed by atoms with Gasteiger partial charge in [-0.3, -0.25) is 0 Å². The van der Waals surface area contributed by atoms with Crippen LogP contribution in [0.1, 0.15) is 0 Å². The van der Waals surface area contributed by atoms with Crippen molar-refractivity contribution in [2.75, 3.05) is 27.7 Å². The predicted molar refractivity (Wildman–Crippen MR) is 37.1 cm³/mol. The number of hydrogen-bond donors (Lipinski definition) is 0. The SMILES string of the molecule is [CH2]CN(C)C(=O)N(C)C. The van der Waals surface area contributed by atoms with Gasteiger partial charge in [-0.1, -0.05) is 0 Å². The second-order valence-corrected chi connectivity index (χ2v) is 2.10. The van der Waals surface area contributed by atoms with Gasteiger partial charge in [0.05, 0.1) is 0 Å². The molecule has 0 saturated heterocycles. The highest BCUT2D eigenvalue weighted by molar-refractivity contribution is 5.73. The van der Waals surface area contributed by atoms with Crippen molar-refractivity contribution in [1.82, 2.24) is 9.80 Å². The topological polar surface area (TPSA) is 23.6 Å². The third-order valence-corrected chi connectivity index (χ3v) is 1.04. The summed E-state index contributed by atoms with van der Waals surface area (Å²) >= 11 is 0. The van der Waals surface area contributed by atoms with Crippen LogP contribution in [0.2, 0.25) is 0 Å². The van der Waals surface area contributed by atoms with Gasteiger partial charge in [0, 0.05) is 27.7 Å². The van der Waals surface area contributed by atoms with Gasteiger partial charge in [-0.25, -0.2) is 4.79 Å². The first kappa shape index (κ1) is 8.27. The van der Waals surface area contributed by atoms with Crippen molar-refractivity contribution in [2.45, 2.75) is 0 Å². The minimum Gasteiger partial charge on any atom is -0.331 e. The monoisotopic (exact) mass is 129 g/mol. The maximum atomic E-state index is 10.9. The molecular weight excluding hydrogens is 116 g/mol. The Morgan fingerprint density at radius 1 is 1.44 bits per heavy atom. The lowest BCUT2D eigenvalue weighted by atomic mass is 10.6. The highest BCUT2D eigenvalue weighted by Crippen LogP contribution is 1.87. The maximum Gasteiger partial charge on any atom is 0.319 e. The van der Waals surface area contributed by atoms with Crippen molar-refractivity contribution >= 4 is 6.03 Å². The molecule has 0 N–H and O–H groups in total. The molecule has 0 atom stereocenters. The van der Waals surface area contributed by atoms with Crippen molar-refractivity contribution < 1.29 is 4.79 Å². The molecule has 0 heterocycles. The summed E-state index contributed by atoms with van der Waals surface area (Å²) in [5, 5.41) is 0. The minimum absolute atomic E-state index is 0.00926. The zero-order chi connectivity index (χ0) is 7.44. The molecule has 0 bridgehead atoms. The first-order valence-electron chi connectivity index (χ1n) is 2.81. The normalized spacial score (nSPS) is 8.89. The van der Waals surface area contributed by atoms with Gasteiger partial charge in [0.2, 0.25) is 0 Å². The molecule has 0 fully saturated rings. The molecule has 0 aromatic heterocycles. The number of rotatable bonds is 1. The average Bonchev–Trinajstić information content (AvgIpc) is 1.84. The highest BCUT2D eigenvalue weighted by atomic mass is 16.2. The van der Waals surface area contributed by atoms with Gasteiger partial charge < -0.3 is 9.80 Å². The van der Waals surface area contributed by atoms with Crippen LogP contribution in [0.15, 0.2) is 0 Å². The van der Waals surface area contributed by atoms with Crippen LogP contribution in [-0.2, 0) is 0 Å². The summed E-state index contributed by atoms with van der Waals surface area (Å²) < 4.78 is 0. The Bertz CT molecular complexity index is 101. The van der Waals surface area contributed by atoms with Crippen LogP contribution in [0, 0.1) is 6.92 Å². The number of amides is 2. The van der Waals surface area contributed by atoms with Crippen molar-refractivity contribution in [3.05, 3.63) is 6.92 Å². The fraction of sp³-hybridized carbons (Fsp3) is 0.667. The third-order valence-electron chi connectivity index (χ3n) is 1.04. The third kappa shape index (κ3) is 2.35. The molecule has 0 aliphatic carbocycles. The lowest BCUT2D eigenvalue weighted by Gasteiger charge is -2.19. The molecule has 0 aliphatic rings. The van der Waals surface area contributed by atoms with Crippen LogP contribution in [0.4, 0.5) is 4.79 Å². The van der Waals surface area contributed by atoms with Gasteiger partial charge in [-0.2, -0.15) is 0 Å². The summed E-state index contributed by atoms with van der Waals surface area (Å²) in [5.74, 6) is 0. The van der Waals surface area contributed by atoms with E-state index in [1.165, 1.54) is 4.90 Å². The van der Waals surface area contributed by atoms with Crippen LogP contribution < -0.4 is 0 Å². The molecule has 0 rings (SSSR count). The van der Waals surface area contributed by atoms with E-state index in [4.69, 9.17) is 0 Å². The molecule has 0 saturated carbocycles. The second kappa shape index (κ2) is 3.33. The Kier molecular flexibility index (Phi) is 3.06. The Morgan fingerprint density at radius 3 is 2.00 bits per heavy atom. The molecule has 1 radical (unpaired) electrons. The molecule has 3 heteroatoms. The fourth-order valence-corrected chi connectivity index (χ4v) is 0.437. The molecular formula is C6H13N2O. The zero-order valence-electron chi connectivity index (χ0n) is 6.22. The molecule has 53 valence electrons. The molecule has 0 aromatic carbocycles. The van der Waals surface area contributed by atoms with E-state index < -0.39 is 0 Å². The van der Waals surface area contributed by atoms with E-state index in [0.717, 1.165) is 0 Å². The maximum absolute atomic E-state index is 10.9. The van der Waals surface area contributed by atoms with E-state index in [1.807, 2.05) is 0 Å². The summed E-state index contributed by atoms with van der Waals surface area (Å²) in [4.78, 5) is 13.9. The average molecular weight is 129 g/mol. The van der Waals surface area contributed by atoms with Gasteiger partial charge in [0.25, 0.3) is 0 Å². The Hall–Kier alpha value is -0.730. The summed E-state index contributed by atoms with van der Waals surface area (Å²) in [5.41, 5.74) is 0. The van der Waals surface area contributed by atoms with Crippen LogP contribution in [0.3, 0.4) is 0 Å². The van der Waals surface area contributed by atoms with E-state index in [-0.39, 0.29) is 6.03 Å². The fourth-order valence-electron chi connectivity index (χ4n) is 0.437. The lowest BCUT2D eigenvalue weighted by molar-refractivity contribution is 0.186. The lowest BCUT2D eigenvalue weighted by Crippen LogP contribution is -2.36.